The van der Waals surface area contributed by atoms with E-state index in [2.05, 4.69) is 5.32 Å². The molecular formula is C13H8Cl4N2O2S. The van der Waals surface area contributed by atoms with E-state index in [1.165, 1.54) is 12.3 Å². The van der Waals surface area contributed by atoms with E-state index in [1.807, 2.05) is 0 Å². The van der Waals surface area contributed by atoms with Crippen molar-refractivity contribution in [2.75, 3.05) is 11.1 Å². The number of aromatic nitrogens is 1. The maximum absolute atomic E-state index is 12.0. The number of rotatable bonds is 4. The first-order valence-electron chi connectivity index (χ1n) is 5.84. The van der Waals surface area contributed by atoms with E-state index >= 15 is 0 Å². The van der Waals surface area contributed by atoms with Crippen LogP contribution in [0, 0.1) is 5.21 Å². The zero-order valence-electron chi connectivity index (χ0n) is 10.8. The number of carbonyl (C=O) groups is 1. The summed E-state index contributed by atoms with van der Waals surface area (Å²) in [6.45, 7) is 0. The summed E-state index contributed by atoms with van der Waals surface area (Å²) < 4.78 is 0.675. The first-order chi connectivity index (χ1) is 10.4. The standard InChI is InChI=1S/C13H8Cl4N2O2S/c14-7-5-8(15)12(17)13(11(7)16)18-9(20)6-22-10-3-1-2-4-19(10)21/h1-5H,6H2,(H,18,20). The normalized spacial score (nSPS) is 10.5. The molecule has 0 saturated carbocycles. The molecule has 9 heteroatoms. The Kier molecular flexibility index (Phi) is 6.06. The third-order valence-electron chi connectivity index (χ3n) is 2.52. The summed E-state index contributed by atoms with van der Waals surface area (Å²) >= 11 is 24.9. The van der Waals surface area contributed by atoms with Crippen LogP contribution in [-0.2, 0) is 4.79 Å². The van der Waals surface area contributed by atoms with Crippen molar-refractivity contribution in [1.29, 1.82) is 0 Å². The minimum Gasteiger partial charge on any atom is -0.618 e. The molecule has 0 radical (unpaired) electrons. The van der Waals surface area contributed by atoms with Gasteiger partial charge < -0.3 is 10.5 Å². The summed E-state index contributed by atoms with van der Waals surface area (Å²) in [5.74, 6) is -0.390. The third-order valence-corrected chi connectivity index (χ3v) is 5.11. The minimum atomic E-state index is -0.393. The molecule has 2 aromatic rings. The van der Waals surface area contributed by atoms with Gasteiger partial charge in [0.1, 0.15) is 0 Å². The summed E-state index contributed by atoms with van der Waals surface area (Å²) in [6, 6.07) is 6.31. The van der Waals surface area contributed by atoms with Crippen LogP contribution in [0.1, 0.15) is 0 Å². The highest BCUT2D eigenvalue weighted by Gasteiger charge is 2.17. The van der Waals surface area contributed by atoms with Crippen molar-refractivity contribution in [3.8, 4) is 0 Å². The van der Waals surface area contributed by atoms with Crippen LogP contribution in [0.3, 0.4) is 0 Å². The number of amides is 1. The molecular weight excluding hydrogens is 390 g/mol. The molecule has 4 nitrogen and oxygen atoms in total. The average Bonchev–Trinajstić information content (AvgIpc) is 2.49. The highest BCUT2D eigenvalue weighted by atomic mass is 35.5. The molecule has 1 amide bonds. The molecule has 1 heterocycles. The van der Waals surface area contributed by atoms with Gasteiger partial charge >= 0.3 is 0 Å². The fourth-order valence-electron chi connectivity index (χ4n) is 1.52. The topological polar surface area (TPSA) is 56.0 Å². The fourth-order valence-corrected chi connectivity index (χ4v) is 3.14. The molecule has 0 fully saturated rings. The lowest BCUT2D eigenvalue weighted by atomic mass is 10.3. The summed E-state index contributed by atoms with van der Waals surface area (Å²) in [5, 5.41) is 15.0. The Balaban J connectivity index is 2.09. The second kappa shape index (κ2) is 7.62. The van der Waals surface area contributed by atoms with Crippen LogP contribution in [0.25, 0.3) is 0 Å². The van der Waals surface area contributed by atoms with Gasteiger partial charge in [0.15, 0.2) is 6.20 Å². The molecule has 0 aliphatic rings. The number of hydrogen-bond acceptors (Lipinski definition) is 3. The molecule has 0 bridgehead atoms. The maximum atomic E-state index is 12.0. The smallest absolute Gasteiger partial charge is 0.251 e. The minimum absolute atomic E-state index is 0.00302. The third kappa shape index (κ3) is 4.12. The van der Waals surface area contributed by atoms with Gasteiger partial charge in [-0.3, -0.25) is 4.79 Å². The largest absolute Gasteiger partial charge is 0.618 e. The quantitative estimate of drug-likeness (QED) is 0.353. The van der Waals surface area contributed by atoms with Crippen molar-refractivity contribution in [2.45, 2.75) is 5.03 Å². The van der Waals surface area contributed by atoms with Gasteiger partial charge in [-0.2, -0.15) is 4.73 Å². The van der Waals surface area contributed by atoms with Gasteiger partial charge in [0.2, 0.25) is 5.91 Å². The lowest BCUT2D eigenvalue weighted by molar-refractivity contribution is -0.645. The fraction of sp³-hybridized carbons (Fsp3) is 0.0769. The van der Waals surface area contributed by atoms with E-state index in [1.54, 1.807) is 18.2 Å². The highest BCUT2D eigenvalue weighted by Crippen LogP contribution is 2.41. The Hall–Kier alpha value is -0.850. The number of nitrogens with one attached hydrogen (secondary N) is 1. The van der Waals surface area contributed by atoms with Gasteiger partial charge in [0.05, 0.1) is 31.5 Å². The molecule has 1 N–H and O–H groups in total. The molecule has 0 aliphatic heterocycles. The van der Waals surface area contributed by atoms with Gasteiger partial charge in [-0.15, -0.1) is 0 Å². The van der Waals surface area contributed by atoms with Gasteiger partial charge in [0.25, 0.3) is 5.03 Å². The molecule has 1 aromatic carbocycles. The molecule has 116 valence electrons. The molecule has 22 heavy (non-hydrogen) atoms. The van der Waals surface area contributed by atoms with Gasteiger partial charge in [-0.1, -0.05) is 46.4 Å². The second-order valence-corrected chi connectivity index (χ2v) is 6.61. The molecule has 0 unspecified atom stereocenters. The Morgan fingerprint density at radius 3 is 2.41 bits per heavy atom. The van der Waals surface area contributed by atoms with E-state index in [0.29, 0.717) is 9.76 Å². The molecule has 2 rings (SSSR count). The molecule has 0 atom stereocenters. The zero-order chi connectivity index (χ0) is 16.3. The van der Waals surface area contributed by atoms with Crippen molar-refractivity contribution >= 4 is 69.8 Å². The van der Waals surface area contributed by atoms with Gasteiger partial charge in [-0.25, -0.2) is 0 Å². The number of benzene rings is 1. The second-order valence-electron chi connectivity index (χ2n) is 4.04. The van der Waals surface area contributed by atoms with Crippen LogP contribution in [0.15, 0.2) is 35.5 Å². The summed E-state index contributed by atoms with van der Waals surface area (Å²) in [5.41, 5.74) is 0.148. The number of hydrogen-bond donors (Lipinski definition) is 1. The predicted molar refractivity (Wildman–Crippen MR) is 91.2 cm³/mol. The Morgan fingerprint density at radius 2 is 1.82 bits per heavy atom. The van der Waals surface area contributed by atoms with Crippen LogP contribution in [0.4, 0.5) is 5.69 Å². The zero-order valence-corrected chi connectivity index (χ0v) is 14.6. The van der Waals surface area contributed by atoms with E-state index in [4.69, 9.17) is 46.4 Å². The van der Waals surface area contributed by atoms with Crippen molar-refractivity contribution in [3.63, 3.8) is 0 Å². The van der Waals surface area contributed by atoms with Crippen molar-refractivity contribution < 1.29 is 9.52 Å². The van der Waals surface area contributed by atoms with Crippen molar-refractivity contribution in [2.24, 2.45) is 0 Å². The number of pyridine rings is 1. The van der Waals surface area contributed by atoms with Crippen LogP contribution in [0.5, 0.6) is 0 Å². The number of anilines is 1. The number of nitrogens with zero attached hydrogens (tertiary/aromatic N) is 1. The van der Waals surface area contributed by atoms with Crippen molar-refractivity contribution in [3.05, 3.63) is 55.8 Å². The molecule has 0 saturated heterocycles. The molecule has 1 aromatic heterocycles. The number of thioether (sulfide) groups is 1. The number of halogens is 4. The van der Waals surface area contributed by atoms with Gasteiger partial charge in [-0.05, 0) is 23.9 Å². The lowest BCUT2D eigenvalue weighted by Crippen LogP contribution is -2.28. The van der Waals surface area contributed by atoms with E-state index in [9.17, 15) is 10.0 Å². The predicted octanol–water partition coefficient (Wildman–Crippen LogP) is 4.66. The Morgan fingerprint density at radius 1 is 1.18 bits per heavy atom. The Bertz CT molecular complexity index is 701. The van der Waals surface area contributed by atoms with Crippen LogP contribution < -0.4 is 10.0 Å². The SMILES string of the molecule is O=C(CSc1cccc[n+]1[O-])Nc1c(Cl)c(Cl)cc(Cl)c1Cl. The van der Waals surface area contributed by atoms with E-state index in [-0.39, 0.29) is 31.5 Å². The van der Waals surface area contributed by atoms with E-state index < -0.39 is 5.91 Å². The van der Waals surface area contributed by atoms with Gasteiger partial charge in [0, 0.05) is 12.1 Å². The average molecular weight is 398 g/mol. The summed E-state index contributed by atoms with van der Waals surface area (Å²) in [6.07, 6.45) is 1.35. The first-order valence-corrected chi connectivity index (χ1v) is 8.33. The first kappa shape index (κ1) is 17.5. The van der Waals surface area contributed by atoms with Crippen LogP contribution in [0.2, 0.25) is 20.1 Å². The van der Waals surface area contributed by atoms with Crippen molar-refractivity contribution in [1.82, 2.24) is 0 Å². The van der Waals surface area contributed by atoms with Crippen LogP contribution >= 0.6 is 58.2 Å². The van der Waals surface area contributed by atoms with Crippen LogP contribution in [-0.4, -0.2) is 11.7 Å². The summed E-state index contributed by atoms with van der Waals surface area (Å²) in [7, 11) is 0. The molecule has 0 spiro atoms. The highest BCUT2D eigenvalue weighted by molar-refractivity contribution is 7.99. The lowest BCUT2D eigenvalue weighted by Gasteiger charge is -2.11. The Labute approximate surface area is 150 Å². The summed E-state index contributed by atoms with van der Waals surface area (Å²) in [4.78, 5) is 12.0. The molecule has 0 aliphatic carbocycles. The monoisotopic (exact) mass is 396 g/mol. The maximum Gasteiger partial charge on any atom is 0.251 e. The number of carbonyl (C=O) groups excluding carboxylic acids is 1. The van der Waals surface area contributed by atoms with E-state index in [0.717, 1.165) is 11.8 Å².